The first kappa shape index (κ1) is 15.9. The topological polar surface area (TPSA) is 20.3 Å². The molecule has 1 heterocycles. The van der Waals surface area contributed by atoms with Gasteiger partial charge in [-0.25, -0.2) is 0 Å². The number of carbonyl (C=O) groups excluding carboxylic acids is 1. The third kappa shape index (κ3) is 2.36. The number of carbonyl (C=O) groups is 1. The summed E-state index contributed by atoms with van der Waals surface area (Å²) >= 11 is 0. The second kappa shape index (κ2) is 5.19. The Morgan fingerprint density at radius 3 is 2.20 bits per heavy atom. The van der Waals surface area contributed by atoms with Crippen molar-refractivity contribution in [3.05, 3.63) is 70.8 Å². The van der Waals surface area contributed by atoms with Crippen LogP contribution >= 0.6 is 0 Å². The van der Waals surface area contributed by atoms with Crippen LogP contribution in [0.3, 0.4) is 0 Å². The summed E-state index contributed by atoms with van der Waals surface area (Å²) in [6, 6.07) is 16.7. The van der Waals surface area contributed by atoms with Gasteiger partial charge in [-0.15, -0.1) is 0 Å². The highest BCUT2D eigenvalue weighted by Gasteiger charge is 2.33. The zero-order valence-electron chi connectivity index (χ0n) is 15.5. The molecule has 2 nitrogen and oxygen atoms in total. The highest BCUT2D eigenvalue weighted by Crippen LogP contribution is 2.45. The van der Waals surface area contributed by atoms with E-state index >= 15 is 0 Å². The third-order valence-electron chi connectivity index (χ3n) is 4.97. The molecule has 3 aromatic rings. The van der Waals surface area contributed by atoms with E-state index in [9.17, 15) is 4.79 Å². The summed E-state index contributed by atoms with van der Waals surface area (Å²) in [4.78, 5) is 15.1. The fraction of sp³-hybridized carbons (Fsp3) is 0.261. The Labute approximate surface area is 149 Å². The van der Waals surface area contributed by atoms with E-state index in [1.54, 1.807) is 0 Å². The lowest BCUT2D eigenvalue weighted by Gasteiger charge is -2.23. The van der Waals surface area contributed by atoms with Crippen LogP contribution in [-0.4, -0.2) is 5.91 Å². The minimum atomic E-state index is 0.0353. The molecule has 0 fully saturated rings. The number of rotatable bonds is 1. The molecule has 0 radical (unpaired) electrons. The number of nitrogens with zero attached hydrogens (tertiary/aromatic N) is 1. The van der Waals surface area contributed by atoms with Gasteiger partial charge in [-0.2, -0.15) is 0 Å². The molecule has 3 aromatic carbocycles. The molecule has 0 saturated carbocycles. The quantitative estimate of drug-likeness (QED) is 0.532. The fourth-order valence-corrected chi connectivity index (χ4v) is 3.97. The van der Waals surface area contributed by atoms with Gasteiger partial charge in [0, 0.05) is 11.1 Å². The summed E-state index contributed by atoms with van der Waals surface area (Å²) in [5.74, 6) is 0.0664. The van der Waals surface area contributed by atoms with Gasteiger partial charge in [0.1, 0.15) is 0 Å². The van der Waals surface area contributed by atoms with E-state index in [1.807, 2.05) is 17.0 Å². The van der Waals surface area contributed by atoms with Crippen LogP contribution in [0.15, 0.2) is 48.5 Å². The monoisotopic (exact) mass is 329 g/mol. The molecule has 2 heteroatoms. The maximum atomic E-state index is 13.2. The van der Waals surface area contributed by atoms with Gasteiger partial charge in [0.15, 0.2) is 0 Å². The first-order valence-electron chi connectivity index (χ1n) is 8.76. The lowest BCUT2D eigenvalue weighted by atomic mass is 9.83. The van der Waals surface area contributed by atoms with Crippen LogP contribution in [0.5, 0.6) is 0 Å². The summed E-state index contributed by atoms with van der Waals surface area (Å²) in [5.41, 5.74) is 6.40. The third-order valence-corrected chi connectivity index (χ3v) is 4.97. The predicted octanol–water partition coefficient (Wildman–Crippen LogP) is 6.05. The molecule has 0 saturated heterocycles. The van der Waals surface area contributed by atoms with Gasteiger partial charge in [-0.05, 0) is 65.6 Å². The van der Waals surface area contributed by atoms with E-state index in [4.69, 9.17) is 0 Å². The maximum Gasteiger partial charge on any atom is 0.263 e. The minimum absolute atomic E-state index is 0.0353. The van der Waals surface area contributed by atoms with Gasteiger partial charge in [0.2, 0.25) is 0 Å². The van der Waals surface area contributed by atoms with E-state index in [0.717, 1.165) is 22.3 Å². The first-order chi connectivity index (χ1) is 11.8. The van der Waals surface area contributed by atoms with Crippen molar-refractivity contribution in [2.75, 3.05) is 4.90 Å². The van der Waals surface area contributed by atoms with Crippen LogP contribution < -0.4 is 4.90 Å². The summed E-state index contributed by atoms with van der Waals surface area (Å²) in [6.45, 7) is 10.8. The smallest absolute Gasteiger partial charge is 0.263 e. The van der Waals surface area contributed by atoms with Crippen LogP contribution in [-0.2, 0) is 5.41 Å². The van der Waals surface area contributed by atoms with Crippen molar-refractivity contribution < 1.29 is 4.79 Å². The maximum absolute atomic E-state index is 13.2. The Morgan fingerprint density at radius 1 is 0.880 bits per heavy atom. The van der Waals surface area contributed by atoms with Crippen molar-refractivity contribution >= 4 is 28.1 Å². The molecule has 1 amide bonds. The van der Waals surface area contributed by atoms with Crippen LogP contribution in [0.1, 0.15) is 47.8 Å². The van der Waals surface area contributed by atoms with Crippen molar-refractivity contribution in [1.29, 1.82) is 0 Å². The molecule has 126 valence electrons. The summed E-state index contributed by atoms with van der Waals surface area (Å²) in [6.07, 6.45) is 0. The van der Waals surface area contributed by atoms with Crippen LogP contribution in [0.25, 0.3) is 10.8 Å². The molecule has 1 aliphatic rings. The molecule has 0 aliphatic carbocycles. The summed E-state index contributed by atoms with van der Waals surface area (Å²) in [7, 11) is 0. The van der Waals surface area contributed by atoms with Crippen molar-refractivity contribution in [2.24, 2.45) is 0 Å². The average molecular weight is 329 g/mol. The molecular weight excluding hydrogens is 306 g/mol. The number of anilines is 2. The van der Waals surface area contributed by atoms with Crippen LogP contribution in [0.4, 0.5) is 11.4 Å². The fourth-order valence-electron chi connectivity index (χ4n) is 3.97. The molecule has 0 spiro atoms. The molecule has 1 aliphatic heterocycles. The standard InChI is InChI=1S/C23H23NO/c1-14-11-15(2)13-16(12-14)24-20-10-9-19(23(3,4)5)17-7-6-8-18(21(17)20)22(24)25/h6-13H,1-5H3. The van der Waals surface area contributed by atoms with Gasteiger partial charge < -0.3 is 0 Å². The van der Waals surface area contributed by atoms with Gasteiger partial charge in [-0.1, -0.05) is 45.0 Å². The average Bonchev–Trinajstić information content (AvgIpc) is 2.80. The summed E-state index contributed by atoms with van der Waals surface area (Å²) < 4.78 is 0. The zero-order chi connectivity index (χ0) is 17.9. The predicted molar refractivity (Wildman–Crippen MR) is 105 cm³/mol. The minimum Gasteiger partial charge on any atom is -0.276 e. The Kier molecular flexibility index (Phi) is 3.30. The van der Waals surface area contributed by atoms with Crippen LogP contribution in [0.2, 0.25) is 0 Å². The molecular formula is C23H23NO. The first-order valence-corrected chi connectivity index (χ1v) is 8.76. The number of benzene rings is 3. The number of hydrogen-bond acceptors (Lipinski definition) is 1. The number of amides is 1. The Hall–Kier alpha value is -2.61. The summed E-state index contributed by atoms with van der Waals surface area (Å²) in [5, 5.41) is 2.27. The SMILES string of the molecule is Cc1cc(C)cc(N2C(=O)c3cccc4c(C(C)(C)C)ccc2c34)c1. The highest BCUT2D eigenvalue weighted by molar-refractivity contribution is 6.28. The van der Waals surface area contributed by atoms with E-state index < -0.39 is 0 Å². The normalized spacial score (nSPS) is 13.8. The van der Waals surface area contributed by atoms with Crippen LogP contribution in [0, 0.1) is 13.8 Å². The molecule has 0 N–H and O–H groups in total. The Bertz CT molecular complexity index is 1000. The number of aryl methyl sites for hydroxylation is 2. The molecule has 0 atom stereocenters. The highest BCUT2D eigenvalue weighted by atomic mass is 16.2. The lowest BCUT2D eigenvalue weighted by Crippen LogP contribution is -2.21. The van der Waals surface area contributed by atoms with Crippen molar-refractivity contribution in [3.8, 4) is 0 Å². The van der Waals surface area contributed by atoms with Gasteiger partial charge >= 0.3 is 0 Å². The molecule has 0 aromatic heterocycles. The van der Waals surface area contributed by atoms with Gasteiger partial charge in [-0.3, -0.25) is 9.69 Å². The Balaban J connectivity index is 2.02. The van der Waals surface area contributed by atoms with Crippen molar-refractivity contribution in [1.82, 2.24) is 0 Å². The Morgan fingerprint density at radius 2 is 1.56 bits per heavy atom. The van der Waals surface area contributed by atoms with E-state index in [1.165, 1.54) is 22.1 Å². The van der Waals surface area contributed by atoms with E-state index in [0.29, 0.717) is 0 Å². The zero-order valence-corrected chi connectivity index (χ0v) is 15.5. The van der Waals surface area contributed by atoms with Crippen molar-refractivity contribution in [3.63, 3.8) is 0 Å². The molecule has 0 unspecified atom stereocenters. The lowest BCUT2D eigenvalue weighted by molar-refractivity contribution is 0.100. The van der Waals surface area contributed by atoms with Crippen molar-refractivity contribution in [2.45, 2.75) is 40.0 Å². The van der Waals surface area contributed by atoms with Gasteiger partial charge in [0.25, 0.3) is 5.91 Å². The largest absolute Gasteiger partial charge is 0.276 e. The second-order valence-corrected chi connectivity index (χ2v) is 8.10. The van der Waals surface area contributed by atoms with E-state index in [-0.39, 0.29) is 11.3 Å². The van der Waals surface area contributed by atoms with E-state index in [2.05, 4.69) is 71.0 Å². The van der Waals surface area contributed by atoms with Gasteiger partial charge in [0.05, 0.1) is 11.3 Å². The number of hydrogen-bond donors (Lipinski definition) is 0. The molecule has 4 rings (SSSR count). The molecule has 0 bridgehead atoms. The molecule has 25 heavy (non-hydrogen) atoms. The second-order valence-electron chi connectivity index (χ2n) is 8.10.